The van der Waals surface area contributed by atoms with Crippen LogP contribution < -0.4 is 16.0 Å². The number of piperidine rings is 1. The molecule has 1 unspecified atom stereocenters. The van der Waals surface area contributed by atoms with E-state index < -0.39 is 0 Å². The number of pyridine rings is 1. The van der Waals surface area contributed by atoms with E-state index in [0.717, 1.165) is 32.4 Å². The van der Waals surface area contributed by atoms with Gasteiger partial charge in [0.15, 0.2) is 0 Å². The number of benzene rings is 1. The van der Waals surface area contributed by atoms with Crippen molar-refractivity contribution in [3.05, 3.63) is 54.4 Å². The molecular formula is C20H24Cl2N4O2. The molecule has 2 heterocycles. The number of nitrogens with zero attached hydrogens (tertiary/aromatic N) is 1. The molecule has 3 N–H and O–H groups in total. The van der Waals surface area contributed by atoms with Gasteiger partial charge in [-0.25, -0.2) is 0 Å². The zero-order valence-electron chi connectivity index (χ0n) is 15.3. The van der Waals surface area contributed by atoms with Gasteiger partial charge < -0.3 is 16.0 Å². The van der Waals surface area contributed by atoms with Gasteiger partial charge in [-0.05, 0) is 68.1 Å². The lowest BCUT2D eigenvalue weighted by Gasteiger charge is -2.23. The first-order valence-corrected chi connectivity index (χ1v) is 8.99. The van der Waals surface area contributed by atoms with Crippen LogP contribution in [0.15, 0.2) is 48.8 Å². The summed E-state index contributed by atoms with van der Waals surface area (Å²) < 4.78 is 0. The molecule has 0 radical (unpaired) electrons. The Labute approximate surface area is 176 Å². The van der Waals surface area contributed by atoms with Gasteiger partial charge in [-0.15, -0.1) is 24.8 Å². The molecule has 2 amide bonds. The first kappa shape index (κ1) is 22.1. The maximum atomic E-state index is 12.6. The number of halogens is 2. The number of hydrogen-bond donors (Lipinski definition) is 3. The predicted molar refractivity (Wildman–Crippen MR) is 114 cm³/mol. The van der Waals surface area contributed by atoms with E-state index in [0.29, 0.717) is 16.9 Å². The second-order valence-electron chi connectivity index (χ2n) is 7.13. The number of amides is 2. The summed E-state index contributed by atoms with van der Waals surface area (Å²) in [4.78, 5) is 28.9. The number of carbonyl (C=O) groups excluding carboxylic acids is 2. The molecule has 1 aliphatic carbocycles. The van der Waals surface area contributed by atoms with Gasteiger partial charge >= 0.3 is 0 Å². The van der Waals surface area contributed by atoms with Crippen molar-refractivity contribution in [2.45, 2.75) is 19.3 Å². The number of anilines is 2. The largest absolute Gasteiger partial charge is 0.326 e. The average molecular weight is 423 g/mol. The summed E-state index contributed by atoms with van der Waals surface area (Å²) in [5.74, 6) is -0.0500. The van der Waals surface area contributed by atoms with Crippen LogP contribution in [0, 0.1) is 11.3 Å². The van der Waals surface area contributed by atoms with E-state index in [-0.39, 0.29) is 48.0 Å². The van der Waals surface area contributed by atoms with Crippen molar-refractivity contribution < 1.29 is 9.59 Å². The summed E-state index contributed by atoms with van der Waals surface area (Å²) in [5.41, 5.74) is 2.05. The molecule has 150 valence electrons. The van der Waals surface area contributed by atoms with E-state index in [9.17, 15) is 9.59 Å². The number of aromatic nitrogens is 1. The van der Waals surface area contributed by atoms with Crippen molar-refractivity contribution >= 4 is 48.0 Å². The van der Waals surface area contributed by atoms with Gasteiger partial charge in [-0.2, -0.15) is 0 Å². The summed E-state index contributed by atoms with van der Waals surface area (Å²) in [6.45, 7) is 1.99. The van der Waals surface area contributed by atoms with Gasteiger partial charge in [0.25, 0.3) is 5.91 Å². The summed E-state index contributed by atoms with van der Waals surface area (Å²) in [5, 5.41) is 9.16. The van der Waals surface area contributed by atoms with Crippen LogP contribution in [-0.4, -0.2) is 29.9 Å². The van der Waals surface area contributed by atoms with E-state index in [2.05, 4.69) is 20.9 Å². The maximum absolute atomic E-state index is 12.6. The average Bonchev–Trinajstić information content (AvgIpc) is 3.36. The lowest BCUT2D eigenvalue weighted by Crippen LogP contribution is -2.31. The SMILES string of the molecule is Cl.Cl.O=C(Nc1ccncc1)c1cccc(NC(=O)C2CC23CCNCC3)c1. The van der Waals surface area contributed by atoms with Crippen molar-refractivity contribution in [3.8, 4) is 0 Å². The Morgan fingerprint density at radius 3 is 2.43 bits per heavy atom. The van der Waals surface area contributed by atoms with Gasteiger partial charge in [0.05, 0.1) is 0 Å². The van der Waals surface area contributed by atoms with Crippen LogP contribution >= 0.6 is 24.8 Å². The number of rotatable bonds is 4. The number of hydrogen-bond acceptors (Lipinski definition) is 4. The van der Waals surface area contributed by atoms with Gasteiger partial charge in [-0.1, -0.05) is 6.07 Å². The monoisotopic (exact) mass is 422 g/mol. The van der Waals surface area contributed by atoms with Crippen LogP contribution in [0.2, 0.25) is 0 Å². The second kappa shape index (κ2) is 9.37. The molecule has 4 rings (SSSR count). The first-order valence-electron chi connectivity index (χ1n) is 8.99. The molecule has 1 saturated heterocycles. The molecule has 1 aliphatic heterocycles. The van der Waals surface area contributed by atoms with Crippen molar-refractivity contribution in [2.75, 3.05) is 23.7 Å². The molecule has 28 heavy (non-hydrogen) atoms. The third-order valence-corrected chi connectivity index (χ3v) is 5.44. The van der Waals surface area contributed by atoms with E-state index in [4.69, 9.17) is 0 Å². The van der Waals surface area contributed by atoms with Crippen molar-refractivity contribution in [1.82, 2.24) is 10.3 Å². The van der Waals surface area contributed by atoms with Gasteiger partial charge in [0.1, 0.15) is 0 Å². The summed E-state index contributed by atoms with van der Waals surface area (Å²) in [6, 6.07) is 10.5. The molecule has 1 aromatic heterocycles. The fourth-order valence-electron chi connectivity index (χ4n) is 3.80. The van der Waals surface area contributed by atoms with Crippen LogP contribution in [0.3, 0.4) is 0 Å². The van der Waals surface area contributed by atoms with E-state index in [1.54, 1.807) is 42.7 Å². The summed E-state index contributed by atoms with van der Waals surface area (Å²) >= 11 is 0. The standard InChI is InChI=1S/C20H22N4O2.2ClH/c25-18(23-15-4-8-21-9-5-15)14-2-1-3-16(12-14)24-19(26)17-13-20(17)6-10-22-11-7-20;;/h1-5,8-9,12,17,22H,6-7,10-11,13H2,(H,24,26)(H,21,23,25);2*1H. The zero-order valence-corrected chi connectivity index (χ0v) is 16.9. The van der Waals surface area contributed by atoms with Crippen LogP contribution in [0.4, 0.5) is 11.4 Å². The lowest BCUT2D eigenvalue weighted by atomic mass is 9.92. The smallest absolute Gasteiger partial charge is 0.255 e. The molecular weight excluding hydrogens is 399 g/mol. The molecule has 1 aromatic carbocycles. The minimum absolute atomic E-state index is 0. The lowest BCUT2D eigenvalue weighted by molar-refractivity contribution is -0.118. The maximum Gasteiger partial charge on any atom is 0.255 e. The Morgan fingerprint density at radius 1 is 1.00 bits per heavy atom. The third-order valence-electron chi connectivity index (χ3n) is 5.44. The Hall–Kier alpha value is -2.15. The van der Waals surface area contributed by atoms with Crippen LogP contribution in [0.5, 0.6) is 0 Å². The normalized spacial score (nSPS) is 18.9. The molecule has 8 heteroatoms. The quantitative estimate of drug-likeness (QED) is 0.703. The summed E-state index contributed by atoms with van der Waals surface area (Å²) in [6.07, 6.45) is 6.36. The zero-order chi connectivity index (χ0) is 18.0. The fourth-order valence-corrected chi connectivity index (χ4v) is 3.80. The predicted octanol–water partition coefficient (Wildman–Crippen LogP) is 3.51. The second-order valence-corrected chi connectivity index (χ2v) is 7.13. The Balaban J connectivity index is 0.00000140. The first-order chi connectivity index (χ1) is 12.7. The van der Waals surface area contributed by atoms with Crippen molar-refractivity contribution in [2.24, 2.45) is 11.3 Å². The van der Waals surface area contributed by atoms with Crippen molar-refractivity contribution in [1.29, 1.82) is 0 Å². The molecule has 1 atom stereocenters. The fraction of sp³-hybridized carbons (Fsp3) is 0.350. The summed E-state index contributed by atoms with van der Waals surface area (Å²) in [7, 11) is 0. The van der Waals surface area contributed by atoms with E-state index in [1.165, 1.54) is 0 Å². The molecule has 2 aliphatic rings. The highest BCUT2D eigenvalue weighted by Gasteiger charge is 2.57. The molecule has 0 bridgehead atoms. The van der Waals surface area contributed by atoms with Crippen LogP contribution in [0.25, 0.3) is 0 Å². The van der Waals surface area contributed by atoms with Crippen LogP contribution in [0.1, 0.15) is 29.6 Å². The molecule has 1 spiro atoms. The Morgan fingerprint density at radius 2 is 1.71 bits per heavy atom. The molecule has 1 saturated carbocycles. The minimum atomic E-state index is -0.214. The minimum Gasteiger partial charge on any atom is -0.326 e. The van der Waals surface area contributed by atoms with E-state index in [1.807, 2.05) is 6.07 Å². The topological polar surface area (TPSA) is 83.1 Å². The third kappa shape index (κ3) is 4.82. The van der Waals surface area contributed by atoms with E-state index >= 15 is 0 Å². The molecule has 2 fully saturated rings. The molecule has 2 aromatic rings. The highest BCUT2D eigenvalue weighted by Crippen LogP contribution is 2.58. The number of carbonyl (C=O) groups is 2. The van der Waals surface area contributed by atoms with Gasteiger partial charge in [0, 0.05) is 35.2 Å². The Bertz CT molecular complexity index is 826. The molecule has 6 nitrogen and oxygen atoms in total. The van der Waals surface area contributed by atoms with Gasteiger partial charge in [0.2, 0.25) is 5.91 Å². The highest BCUT2D eigenvalue weighted by molar-refractivity contribution is 6.05. The number of nitrogens with one attached hydrogen (secondary N) is 3. The van der Waals surface area contributed by atoms with Gasteiger partial charge in [-0.3, -0.25) is 14.6 Å². The Kier molecular flexibility index (Phi) is 7.41. The van der Waals surface area contributed by atoms with Crippen molar-refractivity contribution in [3.63, 3.8) is 0 Å². The highest BCUT2D eigenvalue weighted by atomic mass is 35.5. The van der Waals surface area contributed by atoms with Crippen LogP contribution in [-0.2, 0) is 4.79 Å².